The molecule has 44 heavy (non-hydrogen) atoms. The van der Waals surface area contributed by atoms with Gasteiger partial charge in [-0.3, -0.25) is 14.9 Å². The van der Waals surface area contributed by atoms with E-state index in [-0.39, 0.29) is 64.5 Å². The molecule has 2 aromatic rings. The molecule has 7 nitrogen and oxygen atoms in total. The van der Waals surface area contributed by atoms with Crippen LogP contribution < -0.4 is 5.32 Å². The van der Waals surface area contributed by atoms with Crippen molar-refractivity contribution in [1.82, 2.24) is 15.1 Å². The molecular weight excluding hydrogens is 550 g/mol. The molecule has 0 atom stereocenters. The third-order valence-electron chi connectivity index (χ3n) is 8.59. The number of aryl methyl sites for hydroxylation is 2. The van der Waals surface area contributed by atoms with Crippen LogP contribution in [0.2, 0.25) is 0 Å². The van der Waals surface area contributed by atoms with E-state index >= 15 is 0 Å². The summed E-state index contributed by atoms with van der Waals surface area (Å²) in [5.41, 5.74) is 4.94. The number of carbonyl (C=O) groups is 2. The Morgan fingerprint density at radius 1 is 0.614 bits per heavy atom. The highest BCUT2D eigenvalue weighted by molar-refractivity contribution is 5.79. The summed E-state index contributed by atoms with van der Waals surface area (Å²) in [5.74, 6) is 0.386. The van der Waals surface area contributed by atoms with Gasteiger partial charge in [0.25, 0.3) is 0 Å². The maximum atomic E-state index is 13.3. The summed E-state index contributed by atoms with van der Waals surface area (Å²) < 4.78 is 0. The molecule has 2 aromatic carbocycles. The first-order chi connectivity index (χ1) is 20.0. The summed E-state index contributed by atoms with van der Waals surface area (Å²) in [6.45, 7) is 26.4. The molecule has 0 aliphatic carbocycles. The summed E-state index contributed by atoms with van der Waals surface area (Å²) in [6, 6.07) is 8.22. The first kappa shape index (κ1) is 35.4. The van der Waals surface area contributed by atoms with Crippen LogP contribution in [-0.4, -0.2) is 51.8 Å². The van der Waals surface area contributed by atoms with Gasteiger partial charge in [0.1, 0.15) is 11.5 Å². The number of phenolic OH excluding ortho intramolecular Hbond substituents is 2. The van der Waals surface area contributed by atoms with Crippen LogP contribution in [0.4, 0.5) is 0 Å². The van der Waals surface area contributed by atoms with Gasteiger partial charge in [-0.2, -0.15) is 0 Å². The Morgan fingerprint density at radius 3 is 1.25 bits per heavy atom. The normalized spacial score (nSPS) is 15.1. The minimum atomic E-state index is -0.235. The van der Waals surface area contributed by atoms with Crippen molar-refractivity contribution in [3.05, 3.63) is 57.6 Å². The van der Waals surface area contributed by atoms with Crippen LogP contribution in [0.3, 0.4) is 0 Å². The molecule has 7 heteroatoms. The van der Waals surface area contributed by atoms with Gasteiger partial charge in [0.15, 0.2) is 0 Å². The molecule has 1 heterocycles. The van der Waals surface area contributed by atoms with E-state index in [0.717, 1.165) is 33.4 Å². The number of phenols is 2. The molecule has 0 spiro atoms. The fourth-order valence-electron chi connectivity index (χ4n) is 5.54. The number of aromatic hydroxyl groups is 2. The number of carbonyl (C=O) groups excluding carboxylic acids is 2. The third-order valence-corrected chi connectivity index (χ3v) is 8.59. The highest BCUT2D eigenvalue weighted by Crippen LogP contribution is 2.39. The monoisotopic (exact) mass is 607 g/mol. The van der Waals surface area contributed by atoms with Crippen LogP contribution in [0.5, 0.6) is 11.5 Å². The molecule has 3 N–H and O–H groups in total. The van der Waals surface area contributed by atoms with Gasteiger partial charge in [-0.1, -0.05) is 107 Å². The highest BCUT2D eigenvalue weighted by Gasteiger charge is 2.29. The number of hydrogen-bond acceptors (Lipinski definition) is 5. The zero-order valence-electron chi connectivity index (χ0n) is 29.4. The Bertz CT molecular complexity index is 1260. The van der Waals surface area contributed by atoms with Gasteiger partial charge in [-0.15, -0.1) is 0 Å². The van der Waals surface area contributed by atoms with Crippen LogP contribution in [0.25, 0.3) is 0 Å². The molecule has 0 radical (unpaired) electrons. The fraction of sp³-hybridized carbons (Fsp3) is 0.622. The Labute approximate surface area is 266 Å². The summed E-state index contributed by atoms with van der Waals surface area (Å²) in [7, 11) is 0. The number of hydrogen-bond donors (Lipinski definition) is 3. The van der Waals surface area contributed by atoms with E-state index in [1.165, 1.54) is 0 Å². The largest absolute Gasteiger partial charge is 0.507 e. The number of nitrogens with zero attached hydrogens (tertiary/aromatic N) is 2. The second-order valence-electron chi connectivity index (χ2n) is 16.6. The van der Waals surface area contributed by atoms with Crippen LogP contribution in [-0.2, 0) is 44.1 Å². The lowest BCUT2D eigenvalue weighted by atomic mass is 9.78. The predicted octanol–water partition coefficient (Wildman–Crippen LogP) is 6.99. The summed E-state index contributed by atoms with van der Waals surface area (Å²) in [4.78, 5) is 30.0. The average Bonchev–Trinajstić information content (AvgIpc) is 2.88. The van der Waals surface area contributed by atoms with Gasteiger partial charge >= 0.3 is 0 Å². The van der Waals surface area contributed by atoms with Crippen LogP contribution in [0.1, 0.15) is 129 Å². The Morgan fingerprint density at radius 2 is 0.955 bits per heavy atom. The molecule has 1 aliphatic rings. The SMILES string of the molecule is CC(C)(C)c1cc(CCC(=O)N2CNCN(C(=O)CCc3cc(C(C)(C)C)cc(C(C)(C)C)c3O)C2)c(O)c(C(C)(C)C)c1. The molecule has 0 saturated carbocycles. The van der Waals surface area contributed by atoms with Crippen LogP contribution in [0, 0.1) is 0 Å². The van der Waals surface area contributed by atoms with E-state index < -0.39 is 0 Å². The second kappa shape index (κ2) is 12.7. The standard InChI is InChI=1S/C37H57N3O4/c1-34(2,3)26-17-24(32(43)28(19-26)36(7,8)9)13-15-30(41)39-21-38-22-40(23-39)31(42)16-14-25-18-27(35(4,5)6)20-29(33(25)44)37(10,11)12/h17-20,38,43-44H,13-16,21-23H2,1-12H3. The Kier molecular flexibility index (Phi) is 10.3. The van der Waals surface area contributed by atoms with Gasteiger partial charge in [0, 0.05) is 12.8 Å². The molecule has 2 amide bonds. The lowest BCUT2D eigenvalue weighted by molar-refractivity contribution is -0.144. The van der Waals surface area contributed by atoms with Crippen molar-refractivity contribution in [2.45, 2.75) is 130 Å². The minimum absolute atomic E-state index is 0.0711. The van der Waals surface area contributed by atoms with E-state index in [1.807, 2.05) is 12.1 Å². The number of amides is 2. The van der Waals surface area contributed by atoms with Gasteiger partial charge in [0.2, 0.25) is 11.8 Å². The topological polar surface area (TPSA) is 93.1 Å². The maximum absolute atomic E-state index is 13.3. The quantitative estimate of drug-likeness (QED) is 0.329. The molecule has 244 valence electrons. The second-order valence-corrected chi connectivity index (χ2v) is 16.6. The highest BCUT2D eigenvalue weighted by atomic mass is 16.3. The zero-order valence-corrected chi connectivity index (χ0v) is 29.4. The zero-order chi connectivity index (χ0) is 33.4. The van der Waals surface area contributed by atoms with Crippen molar-refractivity contribution >= 4 is 11.8 Å². The molecule has 1 saturated heterocycles. The summed E-state index contributed by atoms with van der Waals surface area (Å²) in [5, 5.41) is 25.5. The average molecular weight is 608 g/mol. The Hall–Kier alpha value is -3.06. The van der Waals surface area contributed by atoms with E-state index in [1.54, 1.807) is 9.80 Å². The van der Waals surface area contributed by atoms with E-state index in [0.29, 0.717) is 26.2 Å². The number of benzene rings is 2. The molecule has 1 fully saturated rings. The minimum Gasteiger partial charge on any atom is -0.507 e. The third kappa shape index (κ3) is 8.56. The molecule has 1 aliphatic heterocycles. The van der Waals surface area contributed by atoms with E-state index in [4.69, 9.17) is 0 Å². The van der Waals surface area contributed by atoms with Crippen LogP contribution in [0.15, 0.2) is 24.3 Å². The predicted molar refractivity (Wildman–Crippen MR) is 179 cm³/mol. The molecule has 0 aromatic heterocycles. The smallest absolute Gasteiger partial charge is 0.225 e. The Balaban J connectivity index is 1.71. The lowest BCUT2D eigenvalue weighted by Gasteiger charge is -2.36. The van der Waals surface area contributed by atoms with E-state index in [9.17, 15) is 19.8 Å². The van der Waals surface area contributed by atoms with Crippen molar-refractivity contribution in [2.24, 2.45) is 0 Å². The van der Waals surface area contributed by atoms with Crippen molar-refractivity contribution in [3.8, 4) is 11.5 Å². The fourth-order valence-corrected chi connectivity index (χ4v) is 5.54. The van der Waals surface area contributed by atoms with Gasteiger partial charge in [-0.25, -0.2) is 0 Å². The van der Waals surface area contributed by atoms with E-state index in [2.05, 4.69) is 101 Å². The van der Waals surface area contributed by atoms with Gasteiger partial charge in [0.05, 0.1) is 20.0 Å². The number of nitrogens with one attached hydrogen (secondary N) is 1. The molecule has 3 rings (SSSR count). The summed E-state index contributed by atoms with van der Waals surface area (Å²) >= 11 is 0. The number of rotatable bonds is 6. The van der Waals surface area contributed by atoms with Crippen LogP contribution >= 0.6 is 0 Å². The van der Waals surface area contributed by atoms with Gasteiger partial charge in [-0.05, 0) is 67.9 Å². The first-order valence-corrected chi connectivity index (χ1v) is 16.0. The summed E-state index contributed by atoms with van der Waals surface area (Å²) in [6.07, 6.45) is 1.30. The van der Waals surface area contributed by atoms with Crippen molar-refractivity contribution in [1.29, 1.82) is 0 Å². The lowest BCUT2D eigenvalue weighted by Crippen LogP contribution is -2.56. The first-order valence-electron chi connectivity index (χ1n) is 16.0. The molecular formula is C37H57N3O4. The van der Waals surface area contributed by atoms with Crippen molar-refractivity contribution < 1.29 is 19.8 Å². The van der Waals surface area contributed by atoms with Crippen molar-refractivity contribution in [2.75, 3.05) is 20.0 Å². The van der Waals surface area contributed by atoms with Crippen molar-refractivity contribution in [3.63, 3.8) is 0 Å². The molecule has 0 unspecified atom stereocenters. The van der Waals surface area contributed by atoms with Gasteiger partial charge < -0.3 is 20.0 Å². The maximum Gasteiger partial charge on any atom is 0.225 e. The molecule has 0 bridgehead atoms.